The SMILES string of the molecule is COc1ccc(CN2C(=O)N[C@@H](CC(=O)N[C@H]3CCCc4c3[nH]c3ccc(OC)cc43)C2=O)cc1. The Labute approximate surface area is 202 Å². The average Bonchev–Trinajstić information content (AvgIpc) is 3.37. The molecule has 2 atom stereocenters. The van der Waals surface area contributed by atoms with E-state index in [-0.39, 0.29) is 24.9 Å². The number of fused-ring (bicyclic) bond motifs is 3. The zero-order valence-electron chi connectivity index (χ0n) is 19.7. The van der Waals surface area contributed by atoms with Gasteiger partial charge in [0.05, 0.1) is 33.2 Å². The Morgan fingerprint density at radius 3 is 2.57 bits per heavy atom. The third kappa shape index (κ3) is 4.41. The number of amides is 4. The summed E-state index contributed by atoms with van der Waals surface area (Å²) < 4.78 is 10.5. The van der Waals surface area contributed by atoms with Crippen LogP contribution in [0.3, 0.4) is 0 Å². The number of imide groups is 1. The van der Waals surface area contributed by atoms with Crippen molar-refractivity contribution in [1.29, 1.82) is 0 Å². The maximum absolute atomic E-state index is 12.9. The Morgan fingerprint density at radius 2 is 1.83 bits per heavy atom. The third-order valence-corrected chi connectivity index (χ3v) is 6.75. The molecule has 0 bridgehead atoms. The predicted octanol–water partition coefficient (Wildman–Crippen LogP) is 3.19. The van der Waals surface area contributed by atoms with Gasteiger partial charge in [0.15, 0.2) is 0 Å². The molecule has 0 radical (unpaired) electrons. The molecule has 3 N–H and O–H groups in total. The van der Waals surface area contributed by atoms with Crippen LogP contribution in [-0.2, 0) is 22.6 Å². The number of carbonyl (C=O) groups excluding carboxylic acids is 3. The number of nitrogens with one attached hydrogen (secondary N) is 3. The number of aromatic amines is 1. The van der Waals surface area contributed by atoms with E-state index < -0.39 is 18.0 Å². The van der Waals surface area contributed by atoms with Crippen LogP contribution in [0.1, 0.15) is 42.1 Å². The van der Waals surface area contributed by atoms with E-state index in [1.807, 2.05) is 18.2 Å². The monoisotopic (exact) mass is 476 g/mol. The van der Waals surface area contributed by atoms with Crippen LogP contribution in [-0.4, -0.2) is 48.0 Å². The number of hydrogen-bond donors (Lipinski definition) is 3. The van der Waals surface area contributed by atoms with E-state index in [0.29, 0.717) is 5.75 Å². The van der Waals surface area contributed by atoms with Crippen LogP contribution >= 0.6 is 0 Å². The van der Waals surface area contributed by atoms with E-state index in [1.54, 1.807) is 38.5 Å². The number of urea groups is 1. The summed E-state index contributed by atoms with van der Waals surface area (Å²) in [4.78, 5) is 42.8. The lowest BCUT2D eigenvalue weighted by molar-refractivity contribution is -0.131. The summed E-state index contributed by atoms with van der Waals surface area (Å²) in [5.74, 6) is 0.813. The van der Waals surface area contributed by atoms with Gasteiger partial charge in [0.1, 0.15) is 17.5 Å². The number of ether oxygens (including phenoxy) is 2. The van der Waals surface area contributed by atoms with Gasteiger partial charge < -0.3 is 25.1 Å². The van der Waals surface area contributed by atoms with Crippen molar-refractivity contribution >= 4 is 28.7 Å². The fourth-order valence-electron chi connectivity index (χ4n) is 4.93. The molecule has 1 aliphatic carbocycles. The van der Waals surface area contributed by atoms with Crippen LogP contribution in [0, 0.1) is 0 Å². The highest BCUT2D eigenvalue weighted by atomic mass is 16.5. The van der Waals surface area contributed by atoms with Crippen LogP contribution in [0.5, 0.6) is 11.5 Å². The highest BCUT2D eigenvalue weighted by molar-refractivity contribution is 6.05. The Bertz CT molecular complexity index is 1280. The highest BCUT2D eigenvalue weighted by Gasteiger charge is 2.39. The van der Waals surface area contributed by atoms with Crippen LogP contribution < -0.4 is 20.1 Å². The minimum Gasteiger partial charge on any atom is -0.497 e. The first-order valence-corrected chi connectivity index (χ1v) is 11.7. The van der Waals surface area contributed by atoms with Gasteiger partial charge in [-0.05, 0) is 60.7 Å². The lowest BCUT2D eigenvalue weighted by Gasteiger charge is -2.24. The predicted molar refractivity (Wildman–Crippen MR) is 129 cm³/mol. The average molecular weight is 477 g/mol. The normalized spacial score (nSPS) is 19.4. The number of nitrogens with zero attached hydrogens (tertiary/aromatic N) is 1. The summed E-state index contributed by atoms with van der Waals surface area (Å²) in [5.41, 5.74) is 3.98. The Morgan fingerprint density at radius 1 is 1.09 bits per heavy atom. The second kappa shape index (κ2) is 9.32. The first-order valence-electron chi connectivity index (χ1n) is 11.7. The molecule has 4 amide bonds. The standard InChI is InChI=1S/C26H28N4O5/c1-34-16-8-6-15(7-9-16)14-30-25(32)22(29-26(30)33)13-23(31)27-21-5-3-4-18-19-12-17(35-2)10-11-20(19)28-24(18)21/h6-12,21-22,28H,3-5,13-14H2,1-2H3,(H,27,31)(H,29,33)/t21-,22-/m0/s1. The van der Waals surface area contributed by atoms with Crippen molar-refractivity contribution < 1.29 is 23.9 Å². The molecular weight excluding hydrogens is 448 g/mol. The smallest absolute Gasteiger partial charge is 0.325 e. The highest BCUT2D eigenvalue weighted by Crippen LogP contribution is 2.36. The fourth-order valence-corrected chi connectivity index (χ4v) is 4.93. The fraction of sp³-hybridized carbons (Fsp3) is 0.346. The zero-order valence-corrected chi connectivity index (χ0v) is 19.7. The van der Waals surface area contributed by atoms with E-state index in [0.717, 1.165) is 52.1 Å². The molecule has 1 aromatic heterocycles. The van der Waals surface area contributed by atoms with Gasteiger partial charge in [0.2, 0.25) is 5.91 Å². The Hall–Kier alpha value is -4.01. The van der Waals surface area contributed by atoms with Crippen molar-refractivity contribution in [3.63, 3.8) is 0 Å². The van der Waals surface area contributed by atoms with E-state index in [1.165, 1.54) is 5.56 Å². The molecule has 1 fully saturated rings. The number of aromatic nitrogens is 1. The van der Waals surface area contributed by atoms with Crippen molar-refractivity contribution in [2.24, 2.45) is 0 Å². The van der Waals surface area contributed by atoms with Crippen LogP contribution in [0.2, 0.25) is 0 Å². The Kier molecular flexibility index (Phi) is 6.07. The van der Waals surface area contributed by atoms with Crippen molar-refractivity contribution in [1.82, 2.24) is 20.5 Å². The minimum absolute atomic E-state index is 0.108. The summed E-state index contributed by atoms with van der Waals surface area (Å²) in [7, 11) is 3.22. The lowest BCUT2D eigenvalue weighted by atomic mass is 9.91. The number of methoxy groups -OCH3 is 2. The van der Waals surface area contributed by atoms with E-state index in [2.05, 4.69) is 15.6 Å². The molecule has 1 saturated heterocycles. The molecule has 1 aliphatic heterocycles. The van der Waals surface area contributed by atoms with Gasteiger partial charge in [-0.15, -0.1) is 0 Å². The molecule has 35 heavy (non-hydrogen) atoms. The first kappa shape index (κ1) is 22.8. The second-order valence-electron chi connectivity index (χ2n) is 8.92. The van der Waals surface area contributed by atoms with Crippen molar-refractivity contribution in [3.05, 3.63) is 59.3 Å². The molecule has 9 nitrogen and oxygen atoms in total. The van der Waals surface area contributed by atoms with Gasteiger partial charge in [0.25, 0.3) is 5.91 Å². The molecule has 2 aromatic carbocycles. The topological polar surface area (TPSA) is 113 Å². The number of carbonyl (C=O) groups is 3. The molecule has 2 heterocycles. The van der Waals surface area contributed by atoms with Gasteiger partial charge >= 0.3 is 6.03 Å². The summed E-state index contributed by atoms with van der Waals surface area (Å²) in [6, 6.07) is 11.5. The number of aryl methyl sites for hydroxylation is 1. The molecule has 3 aromatic rings. The molecule has 5 rings (SSSR count). The quantitative estimate of drug-likeness (QED) is 0.454. The molecule has 9 heteroatoms. The molecule has 2 aliphatic rings. The minimum atomic E-state index is -0.879. The molecule has 0 unspecified atom stereocenters. The summed E-state index contributed by atoms with van der Waals surface area (Å²) in [5, 5.41) is 6.82. The van der Waals surface area contributed by atoms with Crippen LogP contribution in [0.4, 0.5) is 4.79 Å². The number of H-pyrrole nitrogens is 1. The number of rotatable bonds is 7. The van der Waals surface area contributed by atoms with Gasteiger partial charge in [0, 0.05) is 16.6 Å². The molecular formula is C26H28N4O5. The summed E-state index contributed by atoms with van der Waals surface area (Å²) in [6.45, 7) is 0.136. The number of benzene rings is 2. The van der Waals surface area contributed by atoms with Gasteiger partial charge in [-0.1, -0.05) is 12.1 Å². The number of hydrogen-bond acceptors (Lipinski definition) is 5. The van der Waals surface area contributed by atoms with Gasteiger partial charge in [-0.25, -0.2) is 4.79 Å². The van der Waals surface area contributed by atoms with Crippen LogP contribution in [0.15, 0.2) is 42.5 Å². The summed E-state index contributed by atoms with van der Waals surface area (Å²) >= 11 is 0. The van der Waals surface area contributed by atoms with E-state index in [9.17, 15) is 14.4 Å². The van der Waals surface area contributed by atoms with E-state index >= 15 is 0 Å². The second-order valence-corrected chi connectivity index (χ2v) is 8.92. The molecule has 182 valence electrons. The largest absolute Gasteiger partial charge is 0.497 e. The van der Waals surface area contributed by atoms with E-state index in [4.69, 9.17) is 9.47 Å². The zero-order chi connectivity index (χ0) is 24.5. The maximum Gasteiger partial charge on any atom is 0.325 e. The Balaban J connectivity index is 1.24. The van der Waals surface area contributed by atoms with Crippen molar-refractivity contribution in [2.45, 2.75) is 44.3 Å². The maximum atomic E-state index is 12.9. The summed E-state index contributed by atoms with van der Waals surface area (Å²) in [6.07, 6.45) is 2.56. The molecule has 0 saturated carbocycles. The van der Waals surface area contributed by atoms with Crippen molar-refractivity contribution in [2.75, 3.05) is 14.2 Å². The van der Waals surface area contributed by atoms with Gasteiger partial charge in [-0.2, -0.15) is 0 Å². The van der Waals surface area contributed by atoms with Gasteiger partial charge in [-0.3, -0.25) is 14.5 Å². The molecule has 0 spiro atoms. The van der Waals surface area contributed by atoms with Crippen molar-refractivity contribution in [3.8, 4) is 11.5 Å². The lowest BCUT2D eigenvalue weighted by Crippen LogP contribution is -2.38. The third-order valence-electron chi connectivity index (χ3n) is 6.75. The van der Waals surface area contributed by atoms with Crippen LogP contribution in [0.25, 0.3) is 10.9 Å². The first-order chi connectivity index (χ1) is 17.0.